The summed E-state index contributed by atoms with van der Waals surface area (Å²) in [7, 11) is 0. The second-order valence-electron chi connectivity index (χ2n) is 4.09. The zero-order chi connectivity index (χ0) is 13.9. The molecule has 0 aromatic heterocycles. The number of amides is 1. The third-order valence-electron chi connectivity index (χ3n) is 2.71. The van der Waals surface area contributed by atoms with Gasteiger partial charge in [-0.3, -0.25) is 4.79 Å². The number of nitrogens with one attached hydrogen (secondary N) is 1. The van der Waals surface area contributed by atoms with Crippen molar-refractivity contribution in [3.8, 4) is 5.75 Å². The number of nitrogens with zero attached hydrogens (tertiary/aromatic N) is 1. The third kappa shape index (κ3) is 3.85. The van der Waals surface area contributed by atoms with Crippen LogP contribution < -0.4 is 15.0 Å². The van der Waals surface area contributed by atoms with E-state index in [2.05, 4.69) is 10.1 Å². The van der Waals surface area contributed by atoms with Gasteiger partial charge < -0.3 is 15.0 Å². The summed E-state index contributed by atoms with van der Waals surface area (Å²) >= 11 is 0. The average molecular weight is 274 g/mol. The van der Waals surface area contributed by atoms with E-state index in [1.807, 2.05) is 0 Å². The predicted octanol–water partition coefficient (Wildman–Crippen LogP) is 1.91. The Kier molecular flexibility index (Phi) is 3.94. The maximum atomic E-state index is 12.0. The fraction of sp³-hybridized carbons (Fsp3) is 0.417. The van der Waals surface area contributed by atoms with E-state index in [0.29, 0.717) is 31.7 Å². The van der Waals surface area contributed by atoms with Gasteiger partial charge in [-0.1, -0.05) is 0 Å². The number of ether oxygens (including phenoxy) is 1. The molecule has 0 bridgehead atoms. The molecular weight excluding hydrogens is 261 g/mol. The Labute approximate surface area is 108 Å². The molecule has 1 saturated heterocycles. The minimum absolute atomic E-state index is 0.0468. The van der Waals surface area contributed by atoms with Crippen molar-refractivity contribution < 1.29 is 22.7 Å². The molecule has 2 rings (SSSR count). The van der Waals surface area contributed by atoms with E-state index in [1.54, 1.807) is 4.90 Å². The molecule has 0 saturated carbocycles. The molecule has 0 radical (unpaired) electrons. The van der Waals surface area contributed by atoms with Crippen LogP contribution in [0, 0.1) is 0 Å². The fourth-order valence-corrected chi connectivity index (χ4v) is 1.87. The van der Waals surface area contributed by atoms with E-state index < -0.39 is 6.36 Å². The lowest BCUT2D eigenvalue weighted by Crippen LogP contribution is -2.32. The summed E-state index contributed by atoms with van der Waals surface area (Å²) in [5.74, 6) is -0.342. The molecule has 1 aromatic rings. The second kappa shape index (κ2) is 5.48. The molecule has 1 aliphatic rings. The molecular formula is C12H13F3N2O2. The summed E-state index contributed by atoms with van der Waals surface area (Å²) in [4.78, 5) is 13.4. The lowest BCUT2D eigenvalue weighted by molar-refractivity contribution is -0.274. The fourth-order valence-electron chi connectivity index (χ4n) is 1.87. The highest BCUT2D eigenvalue weighted by molar-refractivity contribution is 5.93. The van der Waals surface area contributed by atoms with Crippen LogP contribution in [0.1, 0.15) is 6.42 Å². The highest BCUT2D eigenvalue weighted by Crippen LogP contribution is 2.25. The lowest BCUT2D eigenvalue weighted by Gasteiger charge is -2.20. The van der Waals surface area contributed by atoms with Crippen LogP contribution in [0.5, 0.6) is 5.75 Å². The van der Waals surface area contributed by atoms with Gasteiger partial charge in [0.2, 0.25) is 5.91 Å². The normalized spacial score (nSPS) is 17.2. The quantitative estimate of drug-likeness (QED) is 0.895. The first-order valence-corrected chi connectivity index (χ1v) is 5.82. The van der Waals surface area contributed by atoms with Crippen LogP contribution in [0.3, 0.4) is 0 Å². The van der Waals surface area contributed by atoms with E-state index in [9.17, 15) is 18.0 Å². The van der Waals surface area contributed by atoms with E-state index in [-0.39, 0.29) is 11.7 Å². The first-order chi connectivity index (χ1) is 8.96. The van der Waals surface area contributed by atoms with Crippen molar-refractivity contribution in [3.05, 3.63) is 24.3 Å². The molecule has 0 spiro atoms. The van der Waals surface area contributed by atoms with Crippen LogP contribution in [0.2, 0.25) is 0 Å². The molecule has 19 heavy (non-hydrogen) atoms. The maximum Gasteiger partial charge on any atom is 0.573 e. The second-order valence-corrected chi connectivity index (χ2v) is 4.09. The van der Waals surface area contributed by atoms with Crippen molar-refractivity contribution in [2.45, 2.75) is 12.8 Å². The van der Waals surface area contributed by atoms with Crippen molar-refractivity contribution >= 4 is 11.6 Å². The van der Waals surface area contributed by atoms with E-state index in [4.69, 9.17) is 0 Å². The number of carbonyl (C=O) groups is 1. The SMILES string of the molecule is O=C1CCNCCN1c1ccc(OC(F)(F)F)cc1. The molecule has 0 unspecified atom stereocenters. The number of anilines is 1. The molecule has 104 valence electrons. The monoisotopic (exact) mass is 274 g/mol. The number of alkyl halides is 3. The van der Waals surface area contributed by atoms with Crippen molar-refractivity contribution in [2.75, 3.05) is 24.5 Å². The summed E-state index contributed by atoms with van der Waals surface area (Å²) in [6.07, 6.45) is -4.33. The molecule has 0 atom stereocenters. The Hall–Kier alpha value is -1.76. The van der Waals surface area contributed by atoms with Gasteiger partial charge in [-0.05, 0) is 24.3 Å². The molecule has 1 aromatic carbocycles. The summed E-state index contributed by atoms with van der Waals surface area (Å²) in [6, 6.07) is 5.30. The van der Waals surface area contributed by atoms with Gasteiger partial charge in [-0.25, -0.2) is 0 Å². The summed E-state index contributed by atoms with van der Waals surface area (Å²) in [5.41, 5.74) is 0.572. The smallest absolute Gasteiger partial charge is 0.406 e. The minimum Gasteiger partial charge on any atom is -0.406 e. The van der Waals surface area contributed by atoms with Gasteiger partial charge >= 0.3 is 6.36 Å². The summed E-state index contributed by atoms with van der Waals surface area (Å²) in [5, 5.41) is 3.08. The number of rotatable bonds is 2. The topological polar surface area (TPSA) is 41.6 Å². The molecule has 1 fully saturated rings. The van der Waals surface area contributed by atoms with Gasteiger partial charge in [0.15, 0.2) is 0 Å². The van der Waals surface area contributed by atoms with Crippen molar-refractivity contribution in [1.82, 2.24) is 5.32 Å². The number of hydrogen-bond donors (Lipinski definition) is 1. The minimum atomic E-state index is -4.70. The molecule has 1 N–H and O–H groups in total. The Bertz CT molecular complexity index is 445. The zero-order valence-corrected chi connectivity index (χ0v) is 10.0. The predicted molar refractivity (Wildman–Crippen MR) is 63.0 cm³/mol. The Morgan fingerprint density at radius 3 is 2.47 bits per heavy atom. The van der Waals surface area contributed by atoms with Gasteiger partial charge in [-0.15, -0.1) is 13.2 Å². The highest BCUT2D eigenvalue weighted by atomic mass is 19.4. The molecule has 0 aliphatic carbocycles. The first kappa shape index (κ1) is 13.7. The van der Waals surface area contributed by atoms with Crippen LogP contribution in [0.15, 0.2) is 24.3 Å². The molecule has 4 nitrogen and oxygen atoms in total. The lowest BCUT2D eigenvalue weighted by atomic mass is 10.2. The van der Waals surface area contributed by atoms with Crippen LogP contribution >= 0.6 is 0 Å². The van der Waals surface area contributed by atoms with Crippen molar-refractivity contribution in [1.29, 1.82) is 0 Å². The number of carbonyl (C=O) groups excluding carboxylic acids is 1. The van der Waals surface area contributed by atoms with E-state index in [1.165, 1.54) is 24.3 Å². The number of hydrogen-bond acceptors (Lipinski definition) is 3. The Morgan fingerprint density at radius 1 is 1.16 bits per heavy atom. The Morgan fingerprint density at radius 2 is 1.84 bits per heavy atom. The van der Waals surface area contributed by atoms with Crippen molar-refractivity contribution in [3.63, 3.8) is 0 Å². The van der Waals surface area contributed by atoms with Crippen LogP contribution in [0.4, 0.5) is 18.9 Å². The Balaban J connectivity index is 2.10. The first-order valence-electron chi connectivity index (χ1n) is 5.82. The highest BCUT2D eigenvalue weighted by Gasteiger charge is 2.31. The van der Waals surface area contributed by atoms with E-state index >= 15 is 0 Å². The number of halogens is 3. The average Bonchev–Trinajstić information content (AvgIpc) is 2.53. The summed E-state index contributed by atoms with van der Waals surface area (Å²) < 4.78 is 39.8. The maximum absolute atomic E-state index is 12.0. The van der Waals surface area contributed by atoms with Crippen LogP contribution in [-0.4, -0.2) is 31.9 Å². The van der Waals surface area contributed by atoms with E-state index in [0.717, 1.165) is 0 Å². The standard InChI is InChI=1S/C12H13F3N2O2/c13-12(14,15)19-10-3-1-9(2-4-10)17-8-7-16-6-5-11(17)18/h1-4,16H,5-8H2. The van der Waals surface area contributed by atoms with Gasteiger partial charge in [0.1, 0.15) is 5.75 Å². The summed E-state index contributed by atoms with van der Waals surface area (Å²) in [6.45, 7) is 1.77. The van der Waals surface area contributed by atoms with Crippen LogP contribution in [0.25, 0.3) is 0 Å². The molecule has 1 aliphatic heterocycles. The van der Waals surface area contributed by atoms with Gasteiger partial charge in [0, 0.05) is 31.7 Å². The largest absolute Gasteiger partial charge is 0.573 e. The van der Waals surface area contributed by atoms with Gasteiger partial charge in [0.25, 0.3) is 0 Å². The number of benzene rings is 1. The van der Waals surface area contributed by atoms with Gasteiger partial charge in [0.05, 0.1) is 0 Å². The van der Waals surface area contributed by atoms with Gasteiger partial charge in [-0.2, -0.15) is 0 Å². The van der Waals surface area contributed by atoms with Crippen molar-refractivity contribution in [2.24, 2.45) is 0 Å². The van der Waals surface area contributed by atoms with Crippen LogP contribution in [-0.2, 0) is 4.79 Å². The molecule has 1 amide bonds. The zero-order valence-electron chi connectivity index (χ0n) is 10.0. The molecule has 1 heterocycles. The third-order valence-corrected chi connectivity index (χ3v) is 2.71. The molecule has 7 heteroatoms.